The van der Waals surface area contributed by atoms with Crippen molar-refractivity contribution in [1.29, 1.82) is 0 Å². The number of fused-ring (bicyclic) bond motifs is 2. The van der Waals surface area contributed by atoms with Crippen molar-refractivity contribution < 1.29 is 28.2 Å². The molecule has 7 heteroatoms. The summed E-state index contributed by atoms with van der Waals surface area (Å²) in [6, 6.07) is 19.0. The summed E-state index contributed by atoms with van der Waals surface area (Å²) in [5.41, 5.74) is 1.50. The van der Waals surface area contributed by atoms with Gasteiger partial charge in [0.05, 0.1) is 18.4 Å². The molecule has 1 aromatic heterocycles. The predicted molar refractivity (Wildman–Crippen MR) is 118 cm³/mol. The molecule has 0 atom stereocenters. The van der Waals surface area contributed by atoms with Crippen LogP contribution in [0, 0.1) is 0 Å². The van der Waals surface area contributed by atoms with Crippen LogP contribution in [-0.2, 0) is 0 Å². The van der Waals surface area contributed by atoms with E-state index in [0.29, 0.717) is 58.2 Å². The quantitative estimate of drug-likeness (QED) is 0.463. The van der Waals surface area contributed by atoms with Crippen LogP contribution < -0.4 is 19.5 Å². The molecule has 0 radical (unpaired) electrons. The van der Waals surface area contributed by atoms with Crippen LogP contribution in [0.1, 0.15) is 26.5 Å². The first-order chi connectivity index (χ1) is 15.7. The lowest BCUT2D eigenvalue weighted by Crippen LogP contribution is -2.17. The van der Waals surface area contributed by atoms with E-state index in [0.717, 1.165) is 0 Å². The van der Waals surface area contributed by atoms with Gasteiger partial charge in [-0.15, -0.1) is 0 Å². The van der Waals surface area contributed by atoms with E-state index in [1.54, 1.807) is 60.7 Å². The van der Waals surface area contributed by atoms with Gasteiger partial charge in [0.25, 0.3) is 5.91 Å². The third-order valence-corrected chi connectivity index (χ3v) is 5.20. The summed E-state index contributed by atoms with van der Waals surface area (Å²) >= 11 is 0. The Balaban J connectivity index is 1.56. The van der Waals surface area contributed by atoms with Gasteiger partial charge in [-0.2, -0.15) is 0 Å². The highest BCUT2D eigenvalue weighted by Gasteiger charge is 2.26. The van der Waals surface area contributed by atoms with Crippen LogP contribution in [0.15, 0.2) is 71.1 Å². The SMILES string of the molecule is COc1ccccc1C(=O)Nc1c(C(=O)c2ccc3c(c2)OCCO3)oc2ccccc12. The van der Waals surface area contributed by atoms with Crippen molar-refractivity contribution in [2.75, 3.05) is 25.6 Å². The molecule has 0 spiro atoms. The smallest absolute Gasteiger partial charge is 0.259 e. The molecule has 1 N–H and O–H groups in total. The topological polar surface area (TPSA) is 87.0 Å². The summed E-state index contributed by atoms with van der Waals surface area (Å²) in [5, 5.41) is 3.47. The first kappa shape index (κ1) is 19.7. The van der Waals surface area contributed by atoms with Crippen molar-refractivity contribution in [1.82, 2.24) is 0 Å². The van der Waals surface area contributed by atoms with Gasteiger partial charge in [0.15, 0.2) is 17.3 Å². The summed E-state index contributed by atoms with van der Waals surface area (Å²) in [5.74, 6) is 0.752. The fourth-order valence-electron chi connectivity index (χ4n) is 3.66. The zero-order valence-corrected chi connectivity index (χ0v) is 17.2. The minimum Gasteiger partial charge on any atom is -0.496 e. The summed E-state index contributed by atoms with van der Waals surface area (Å²) in [6.07, 6.45) is 0. The zero-order chi connectivity index (χ0) is 22.1. The Labute approximate surface area is 183 Å². The van der Waals surface area contributed by atoms with E-state index in [4.69, 9.17) is 18.6 Å². The molecule has 2 heterocycles. The lowest BCUT2D eigenvalue weighted by Gasteiger charge is -2.18. The number of furan rings is 1. The molecule has 0 aliphatic carbocycles. The molecule has 3 aromatic carbocycles. The van der Waals surface area contributed by atoms with Crippen LogP contribution in [0.3, 0.4) is 0 Å². The molecule has 32 heavy (non-hydrogen) atoms. The van der Waals surface area contributed by atoms with Crippen LogP contribution >= 0.6 is 0 Å². The second-order valence-corrected chi connectivity index (χ2v) is 7.14. The first-order valence-corrected chi connectivity index (χ1v) is 10.1. The van der Waals surface area contributed by atoms with Crippen LogP contribution in [0.5, 0.6) is 17.2 Å². The lowest BCUT2D eigenvalue weighted by atomic mass is 10.1. The maximum Gasteiger partial charge on any atom is 0.259 e. The minimum absolute atomic E-state index is 0.0334. The molecule has 1 aliphatic rings. The van der Waals surface area contributed by atoms with Crippen molar-refractivity contribution in [2.45, 2.75) is 0 Å². The molecule has 1 amide bonds. The Hall–Kier alpha value is -4.26. The number of methoxy groups -OCH3 is 1. The van der Waals surface area contributed by atoms with Gasteiger partial charge in [0.2, 0.25) is 5.78 Å². The number of para-hydroxylation sites is 2. The molecule has 7 nitrogen and oxygen atoms in total. The zero-order valence-electron chi connectivity index (χ0n) is 17.2. The standard InChI is InChI=1S/C25H19NO6/c1-29-18-8-4-3-7-17(18)25(28)26-22-16-6-2-5-9-19(16)32-24(22)23(27)15-10-11-20-21(14-15)31-13-12-30-20/h2-11,14H,12-13H2,1H3,(H,26,28). The van der Waals surface area contributed by atoms with E-state index in [9.17, 15) is 9.59 Å². The number of benzene rings is 3. The molecule has 0 unspecified atom stereocenters. The molecule has 160 valence electrons. The number of carbonyl (C=O) groups excluding carboxylic acids is 2. The van der Waals surface area contributed by atoms with Gasteiger partial charge < -0.3 is 23.9 Å². The molecule has 4 aromatic rings. The maximum atomic E-state index is 13.4. The van der Waals surface area contributed by atoms with E-state index in [1.807, 2.05) is 6.07 Å². The van der Waals surface area contributed by atoms with E-state index in [-0.39, 0.29) is 11.5 Å². The van der Waals surface area contributed by atoms with Crippen LogP contribution in [0.2, 0.25) is 0 Å². The van der Waals surface area contributed by atoms with Gasteiger partial charge >= 0.3 is 0 Å². The first-order valence-electron chi connectivity index (χ1n) is 10.1. The van der Waals surface area contributed by atoms with E-state index >= 15 is 0 Å². The highest BCUT2D eigenvalue weighted by molar-refractivity contribution is 6.19. The summed E-state index contributed by atoms with van der Waals surface area (Å²) < 4.78 is 22.3. The number of rotatable bonds is 5. The van der Waals surface area contributed by atoms with E-state index in [2.05, 4.69) is 5.32 Å². The number of ketones is 1. The maximum absolute atomic E-state index is 13.4. The molecular weight excluding hydrogens is 410 g/mol. The van der Waals surface area contributed by atoms with Crippen LogP contribution in [0.4, 0.5) is 5.69 Å². The Morgan fingerprint density at radius 1 is 0.906 bits per heavy atom. The number of carbonyl (C=O) groups is 2. The van der Waals surface area contributed by atoms with Crippen LogP contribution in [0.25, 0.3) is 11.0 Å². The summed E-state index contributed by atoms with van der Waals surface area (Å²) in [4.78, 5) is 26.5. The number of amides is 1. The highest BCUT2D eigenvalue weighted by atomic mass is 16.6. The van der Waals surface area contributed by atoms with Gasteiger partial charge in [-0.3, -0.25) is 9.59 Å². The third-order valence-electron chi connectivity index (χ3n) is 5.20. The second kappa shape index (κ2) is 8.11. The van der Waals surface area contributed by atoms with Gasteiger partial charge in [-0.05, 0) is 42.5 Å². The van der Waals surface area contributed by atoms with Gasteiger partial charge in [0, 0.05) is 10.9 Å². The van der Waals surface area contributed by atoms with Gasteiger partial charge in [-0.25, -0.2) is 0 Å². The van der Waals surface area contributed by atoms with Crippen molar-refractivity contribution in [3.8, 4) is 17.2 Å². The number of anilines is 1. The van der Waals surface area contributed by atoms with E-state index < -0.39 is 5.91 Å². The molecule has 1 aliphatic heterocycles. The predicted octanol–water partition coefficient (Wildman–Crippen LogP) is 4.70. The summed E-state index contributed by atoms with van der Waals surface area (Å²) in [7, 11) is 1.50. The van der Waals surface area contributed by atoms with Crippen molar-refractivity contribution in [3.05, 3.63) is 83.6 Å². The normalized spacial score (nSPS) is 12.4. The average molecular weight is 429 g/mol. The number of nitrogens with one attached hydrogen (secondary N) is 1. The van der Waals surface area contributed by atoms with Crippen molar-refractivity contribution >= 4 is 28.3 Å². The van der Waals surface area contributed by atoms with Crippen molar-refractivity contribution in [3.63, 3.8) is 0 Å². The second-order valence-electron chi connectivity index (χ2n) is 7.14. The summed E-state index contributed by atoms with van der Waals surface area (Å²) in [6.45, 7) is 0.874. The highest BCUT2D eigenvalue weighted by Crippen LogP contribution is 2.36. The average Bonchev–Trinajstić information content (AvgIpc) is 3.21. The molecule has 0 saturated carbocycles. The van der Waals surface area contributed by atoms with Gasteiger partial charge in [-0.1, -0.05) is 24.3 Å². The Bertz CT molecular complexity index is 1340. The lowest BCUT2D eigenvalue weighted by molar-refractivity contribution is 0.101. The van der Waals surface area contributed by atoms with Crippen molar-refractivity contribution in [2.24, 2.45) is 0 Å². The third kappa shape index (κ3) is 3.43. The minimum atomic E-state index is -0.412. The Morgan fingerprint density at radius 3 is 2.50 bits per heavy atom. The Morgan fingerprint density at radius 2 is 1.66 bits per heavy atom. The fraction of sp³-hybridized carbons (Fsp3) is 0.120. The molecule has 0 saturated heterocycles. The monoisotopic (exact) mass is 429 g/mol. The number of hydrogen-bond donors (Lipinski definition) is 1. The van der Waals surface area contributed by atoms with Gasteiger partial charge in [0.1, 0.15) is 24.5 Å². The fourth-order valence-corrected chi connectivity index (χ4v) is 3.66. The molecule has 0 bridgehead atoms. The Kier molecular flexibility index (Phi) is 4.99. The largest absolute Gasteiger partial charge is 0.496 e. The molecular formula is C25H19NO6. The van der Waals surface area contributed by atoms with E-state index in [1.165, 1.54) is 7.11 Å². The molecule has 5 rings (SSSR count). The number of ether oxygens (including phenoxy) is 3. The van der Waals surface area contributed by atoms with Crippen LogP contribution in [-0.4, -0.2) is 32.0 Å². The molecule has 0 fully saturated rings. The number of hydrogen-bond acceptors (Lipinski definition) is 6.